The summed E-state index contributed by atoms with van der Waals surface area (Å²) in [6.07, 6.45) is 1.50. The van der Waals surface area contributed by atoms with Crippen LogP contribution in [0.5, 0.6) is 5.75 Å². The third-order valence-corrected chi connectivity index (χ3v) is 4.31. The molecule has 0 saturated heterocycles. The van der Waals surface area contributed by atoms with E-state index < -0.39 is 15.7 Å². The van der Waals surface area contributed by atoms with Crippen LogP contribution in [0, 0.1) is 0 Å². The molecular formula is C14H17Cl2NO5S. The highest BCUT2D eigenvalue weighted by Gasteiger charge is 2.11. The van der Waals surface area contributed by atoms with Crippen LogP contribution in [0.4, 0.5) is 0 Å². The molecule has 0 heterocycles. The number of Topliss-reactive ketones (excluding diaryl/α,β-unsaturated/α-hetero) is 1. The molecule has 1 amide bonds. The van der Waals surface area contributed by atoms with Gasteiger partial charge in [-0.15, -0.1) is 11.6 Å². The van der Waals surface area contributed by atoms with Gasteiger partial charge in [0.1, 0.15) is 21.5 Å². The van der Waals surface area contributed by atoms with Crippen LogP contribution in [0.25, 0.3) is 0 Å². The van der Waals surface area contributed by atoms with Crippen molar-refractivity contribution < 1.29 is 22.7 Å². The Kier molecular flexibility index (Phi) is 7.81. The van der Waals surface area contributed by atoms with Crippen molar-refractivity contribution in [3.05, 3.63) is 28.8 Å². The van der Waals surface area contributed by atoms with Crippen LogP contribution in [0.3, 0.4) is 0 Å². The standard InChI is InChI=1S/C14H17Cl2NO5S/c1-23(20,21)6-2-5-22-13-4-3-10(7-11(13)16)12(18)9-17-14(19)8-15/h3-4,7H,2,5-6,8-9H2,1H3,(H,17,19). The van der Waals surface area contributed by atoms with Gasteiger partial charge in [0.05, 0.1) is 23.9 Å². The Morgan fingerprint density at radius 2 is 2.00 bits per heavy atom. The average Bonchev–Trinajstić information content (AvgIpc) is 2.48. The molecule has 9 heteroatoms. The summed E-state index contributed by atoms with van der Waals surface area (Å²) in [5.74, 6) is -0.567. The number of alkyl halides is 1. The van der Waals surface area contributed by atoms with Gasteiger partial charge >= 0.3 is 0 Å². The Bertz CT molecular complexity index is 676. The predicted molar refractivity (Wildman–Crippen MR) is 89.3 cm³/mol. The fourth-order valence-electron chi connectivity index (χ4n) is 1.62. The lowest BCUT2D eigenvalue weighted by atomic mass is 10.1. The first-order valence-corrected chi connectivity index (χ1v) is 9.66. The minimum atomic E-state index is -3.02. The number of ether oxygens (including phenoxy) is 1. The monoisotopic (exact) mass is 381 g/mol. The maximum Gasteiger partial charge on any atom is 0.235 e. The lowest BCUT2D eigenvalue weighted by Gasteiger charge is -2.09. The van der Waals surface area contributed by atoms with Crippen LogP contribution in [0.2, 0.25) is 5.02 Å². The van der Waals surface area contributed by atoms with E-state index in [1.165, 1.54) is 18.2 Å². The van der Waals surface area contributed by atoms with Gasteiger partial charge in [0.2, 0.25) is 5.91 Å². The number of ketones is 1. The zero-order valence-electron chi connectivity index (χ0n) is 12.5. The summed E-state index contributed by atoms with van der Waals surface area (Å²) in [4.78, 5) is 22.9. The molecule has 0 radical (unpaired) electrons. The van der Waals surface area contributed by atoms with Gasteiger partial charge in [-0.25, -0.2) is 8.42 Å². The van der Waals surface area contributed by atoms with E-state index in [-0.39, 0.29) is 35.6 Å². The van der Waals surface area contributed by atoms with Crippen LogP contribution < -0.4 is 10.1 Å². The summed E-state index contributed by atoms with van der Waals surface area (Å²) in [6.45, 7) is 0.0301. The van der Waals surface area contributed by atoms with Crippen molar-refractivity contribution in [1.82, 2.24) is 5.32 Å². The SMILES string of the molecule is CS(=O)(=O)CCCOc1ccc(C(=O)CNC(=O)CCl)cc1Cl. The van der Waals surface area contributed by atoms with Gasteiger partial charge in [-0.3, -0.25) is 9.59 Å². The molecule has 0 aromatic heterocycles. The first-order valence-electron chi connectivity index (χ1n) is 6.69. The number of benzene rings is 1. The fraction of sp³-hybridized carbons (Fsp3) is 0.429. The van der Waals surface area contributed by atoms with E-state index in [0.29, 0.717) is 17.7 Å². The molecule has 0 atom stereocenters. The largest absolute Gasteiger partial charge is 0.492 e. The molecule has 6 nitrogen and oxygen atoms in total. The van der Waals surface area contributed by atoms with Gasteiger partial charge in [0, 0.05) is 11.8 Å². The number of carbonyl (C=O) groups excluding carboxylic acids is 2. The van der Waals surface area contributed by atoms with E-state index in [2.05, 4.69) is 5.32 Å². The number of halogens is 2. The van der Waals surface area contributed by atoms with Crippen LogP contribution in [-0.4, -0.2) is 51.1 Å². The van der Waals surface area contributed by atoms with Crippen molar-refractivity contribution in [1.29, 1.82) is 0 Å². The van der Waals surface area contributed by atoms with E-state index in [0.717, 1.165) is 6.26 Å². The Morgan fingerprint density at radius 1 is 1.30 bits per heavy atom. The van der Waals surface area contributed by atoms with Crippen molar-refractivity contribution in [3.8, 4) is 5.75 Å². The normalized spacial score (nSPS) is 11.1. The van der Waals surface area contributed by atoms with Gasteiger partial charge in [0.15, 0.2) is 5.78 Å². The van der Waals surface area contributed by atoms with Crippen LogP contribution in [-0.2, 0) is 14.6 Å². The molecule has 0 unspecified atom stereocenters. The van der Waals surface area contributed by atoms with Crippen molar-refractivity contribution in [3.63, 3.8) is 0 Å². The Balaban J connectivity index is 2.57. The second kappa shape index (κ2) is 9.10. The number of sulfone groups is 1. The van der Waals surface area contributed by atoms with Gasteiger partial charge in [-0.05, 0) is 24.6 Å². The van der Waals surface area contributed by atoms with Crippen molar-refractivity contribution >= 4 is 44.7 Å². The molecule has 0 bridgehead atoms. The van der Waals surface area contributed by atoms with E-state index in [1.54, 1.807) is 0 Å². The molecular weight excluding hydrogens is 365 g/mol. The lowest BCUT2D eigenvalue weighted by Crippen LogP contribution is -2.30. The third-order valence-electron chi connectivity index (χ3n) is 2.74. The molecule has 23 heavy (non-hydrogen) atoms. The minimum absolute atomic E-state index is 0.0292. The number of hydrogen-bond donors (Lipinski definition) is 1. The summed E-state index contributed by atoms with van der Waals surface area (Å²) < 4.78 is 27.4. The summed E-state index contributed by atoms with van der Waals surface area (Å²) >= 11 is 11.3. The topological polar surface area (TPSA) is 89.5 Å². The smallest absolute Gasteiger partial charge is 0.235 e. The zero-order chi connectivity index (χ0) is 17.5. The average molecular weight is 382 g/mol. The van der Waals surface area contributed by atoms with Crippen LogP contribution >= 0.6 is 23.2 Å². The molecule has 1 rings (SSSR count). The summed E-state index contributed by atoms with van der Waals surface area (Å²) in [5, 5.41) is 2.60. The Hall–Kier alpha value is -1.31. The Labute approximate surface area is 145 Å². The quantitative estimate of drug-likeness (QED) is 0.399. The van der Waals surface area contributed by atoms with Crippen LogP contribution in [0.1, 0.15) is 16.8 Å². The maximum absolute atomic E-state index is 11.9. The summed E-state index contributed by atoms with van der Waals surface area (Å²) in [7, 11) is -3.02. The number of amides is 1. The molecule has 128 valence electrons. The first kappa shape index (κ1) is 19.7. The van der Waals surface area contributed by atoms with Crippen molar-refractivity contribution in [2.24, 2.45) is 0 Å². The molecule has 1 aromatic carbocycles. The molecule has 1 aromatic rings. The number of rotatable bonds is 9. The molecule has 1 N–H and O–H groups in total. The van der Waals surface area contributed by atoms with Gasteiger partial charge in [-0.1, -0.05) is 11.6 Å². The Morgan fingerprint density at radius 3 is 2.57 bits per heavy atom. The second-order valence-corrected chi connectivity index (χ2v) is 7.74. The molecule has 0 aliphatic carbocycles. The molecule has 0 fully saturated rings. The van der Waals surface area contributed by atoms with Gasteiger partial charge < -0.3 is 10.1 Å². The van der Waals surface area contributed by atoms with Crippen LogP contribution in [0.15, 0.2) is 18.2 Å². The molecule has 0 aliphatic heterocycles. The highest BCUT2D eigenvalue weighted by atomic mass is 35.5. The van der Waals surface area contributed by atoms with Gasteiger partial charge in [-0.2, -0.15) is 0 Å². The summed E-state index contributed by atoms with van der Waals surface area (Å²) in [5.41, 5.74) is 0.327. The number of carbonyl (C=O) groups is 2. The fourth-order valence-corrected chi connectivity index (χ4v) is 2.59. The second-order valence-electron chi connectivity index (χ2n) is 4.81. The van der Waals surface area contributed by atoms with E-state index in [9.17, 15) is 18.0 Å². The molecule has 0 spiro atoms. The highest BCUT2D eigenvalue weighted by Crippen LogP contribution is 2.25. The third kappa shape index (κ3) is 7.67. The van der Waals surface area contributed by atoms with E-state index in [1.807, 2.05) is 0 Å². The molecule has 0 aliphatic rings. The van der Waals surface area contributed by atoms with Gasteiger partial charge in [0.25, 0.3) is 0 Å². The van der Waals surface area contributed by atoms with E-state index >= 15 is 0 Å². The van der Waals surface area contributed by atoms with Crippen molar-refractivity contribution in [2.75, 3.05) is 31.0 Å². The lowest BCUT2D eigenvalue weighted by molar-refractivity contribution is -0.118. The summed E-state index contributed by atoms with van der Waals surface area (Å²) in [6, 6.07) is 4.48. The minimum Gasteiger partial charge on any atom is -0.492 e. The van der Waals surface area contributed by atoms with Crippen molar-refractivity contribution in [2.45, 2.75) is 6.42 Å². The number of hydrogen-bond acceptors (Lipinski definition) is 5. The zero-order valence-corrected chi connectivity index (χ0v) is 14.8. The highest BCUT2D eigenvalue weighted by molar-refractivity contribution is 7.90. The predicted octanol–water partition coefficient (Wildman–Crippen LogP) is 1.69. The van der Waals surface area contributed by atoms with E-state index in [4.69, 9.17) is 27.9 Å². The first-order chi connectivity index (χ1) is 10.7. The molecule has 0 saturated carbocycles. The maximum atomic E-state index is 11.9. The number of nitrogens with one attached hydrogen (secondary N) is 1.